The molecule has 1 aliphatic carbocycles. The van der Waals surface area contributed by atoms with Crippen molar-refractivity contribution in [3.8, 4) is 0 Å². The van der Waals surface area contributed by atoms with Crippen LogP contribution in [0.3, 0.4) is 0 Å². The quantitative estimate of drug-likeness (QED) is 0.659. The third-order valence-corrected chi connectivity index (χ3v) is 3.33. The number of methoxy groups -OCH3 is 1. The molecule has 3 N–H and O–H groups in total. The molecule has 2 rings (SSSR count). The zero-order chi connectivity index (χ0) is 14.7. The van der Waals surface area contributed by atoms with Crippen LogP contribution in [0.2, 0.25) is 5.02 Å². The van der Waals surface area contributed by atoms with Gasteiger partial charge in [-0.05, 0) is 24.6 Å². The lowest BCUT2D eigenvalue weighted by Crippen LogP contribution is -2.24. The molecule has 2 atom stereocenters. The van der Waals surface area contributed by atoms with Crippen LogP contribution in [0.5, 0.6) is 0 Å². The summed E-state index contributed by atoms with van der Waals surface area (Å²) in [7, 11) is 1.27. The summed E-state index contributed by atoms with van der Waals surface area (Å²) in [6.45, 7) is 0. The van der Waals surface area contributed by atoms with Crippen molar-refractivity contribution in [3.05, 3.63) is 40.9 Å². The topological polar surface area (TPSA) is 81.4 Å². The van der Waals surface area contributed by atoms with Crippen molar-refractivity contribution in [1.82, 2.24) is 0 Å². The monoisotopic (exact) mass is 294 g/mol. The van der Waals surface area contributed by atoms with E-state index in [1.807, 2.05) is 0 Å². The van der Waals surface area contributed by atoms with Gasteiger partial charge in [-0.25, -0.2) is 4.79 Å². The first-order valence-electron chi connectivity index (χ1n) is 6.14. The van der Waals surface area contributed by atoms with Gasteiger partial charge in [0.15, 0.2) is 0 Å². The molecule has 6 heteroatoms. The van der Waals surface area contributed by atoms with Crippen LogP contribution >= 0.6 is 11.6 Å². The summed E-state index contributed by atoms with van der Waals surface area (Å²) in [5, 5.41) is 3.10. The van der Waals surface area contributed by atoms with Crippen molar-refractivity contribution in [2.45, 2.75) is 12.5 Å². The van der Waals surface area contributed by atoms with Crippen LogP contribution < -0.4 is 11.1 Å². The molecule has 0 fully saturated rings. The Hall–Kier alpha value is -1.85. The molecule has 1 aromatic carbocycles. The fraction of sp³-hybridized carbons (Fsp3) is 0.286. The third kappa shape index (κ3) is 3.18. The summed E-state index contributed by atoms with van der Waals surface area (Å²) in [6.07, 6.45) is 4.13. The Morgan fingerprint density at radius 2 is 2.15 bits per heavy atom. The molecular formula is C14H15ClN2O3. The van der Waals surface area contributed by atoms with Gasteiger partial charge in [0.1, 0.15) is 0 Å². The van der Waals surface area contributed by atoms with Crippen molar-refractivity contribution in [2.24, 2.45) is 11.7 Å². The highest BCUT2D eigenvalue weighted by atomic mass is 35.5. The van der Waals surface area contributed by atoms with Gasteiger partial charge in [-0.1, -0.05) is 23.8 Å². The normalized spacial score (nSPS) is 20.8. The highest BCUT2D eigenvalue weighted by Gasteiger charge is 2.24. The van der Waals surface area contributed by atoms with Crippen LogP contribution in [-0.4, -0.2) is 25.0 Å². The van der Waals surface area contributed by atoms with Crippen LogP contribution in [0.25, 0.3) is 0 Å². The Morgan fingerprint density at radius 1 is 1.40 bits per heavy atom. The Labute approximate surface area is 121 Å². The van der Waals surface area contributed by atoms with E-state index in [-0.39, 0.29) is 23.4 Å². The van der Waals surface area contributed by atoms with Gasteiger partial charge in [0.25, 0.3) is 0 Å². The van der Waals surface area contributed by atoms with E-state index in [1.54, 1.807) is 24.3 Å². The number of carbonyl (C=O) groups excluding carboxylic acids is 2. The number of hydrogen-bond acceptors (Lipinski definition) is 4. The summed E-state index contributed by atoms with van der Waals surface area (Å²) in [5.41, 5.74) is 6.31. The number of nitrogens with one attached hydrogen (secondary N) is 1. The van der Waals surface area contributed by atoms with Gasteiger partial charge >= 0.3 is 5.97 Å². The Kier molecular flexibility index (Phi) is 4.42. The molecule has 0 aliphatic heterocycles. The fourth-order valence-electron chi connectivity index (χ4n) is 2.05. The van der Waals surface area contributed by atoms with E-state index in [4.69, 9.17) is 17.3 Å². The maximum Gasteiger partial charge on any atom is 0.340 e. The Bertz CT molecular complexity index is 572. The van der Waals surface area contributed by atoms with Crippen molar-refractivity contribution >= 4 is 29.2 Å². The number of benzene rings is 1. The molecule has 0 aromatic heterocycles. The lowest BCUT2D eigenvalue weighted by molar-refractivity contribution is -0.118. The molecule has 106 valence electrons. The SMILES string of the molecule is COC(=O)c1cc(Cl)ccc1NC(=O)C1C=CC(N)C1. The van der Waals surface area contributed by atoms with Crippen LogP contribution in [0.4, 0.5) is 5.69 Å². The highest BCUT2D eigenvalue weighted by Crippen LogP contribution is 2.24. The zero-order valence-electron chi connectivity index (χ0n) is 10.9. The molecule has 0 radical (unpaired) electrons. The van der Waals surface area contributed by atoms with Gasteiger partial charge in [0, 0.05) is 11.1 Å². The molecule has 5 nitrogen and oxygen atoms in total. The lowest BCUT2D eigenvalue weighted by Gasteiger charge is -2.13. The maximum atomic E-state index is 12.1. The summed E-state index contributed by atoms with van der Waals surface area (Å²) in [4.78, 5) is 23.8. The molecule has 0 bridgehead atoms. The van der Waals surface area contributed by atoms with Crippen molar-refractivity contribution < 1.29 is 14.3 Å². The summed E-state index contributed by atoms with van der Waals surface area (Å²) in [6, 6.07) is 4.53. The van der Waals surface area contributed by atoms with E-state index in [1.165, 1.54) is 13.2 Å². The molecule has 0 spiro atoms. The molecule has 0 saturated carbocycles. The van der Waals surface area contributed by atoms with E-state index in [0.29, 0.717) is 17.1 Å². The Morgan fingerprint density at radius 3 is 2.75 bits per heavy atom. The van der Waals surface area contributed by atoms with Crippen molar-refractivity contribution in [2.75, 3.05) is 12.4 Å². The summed E-state index contributed by atoms with van der Waals surface area (Å²) in [5.74, 6) is -1.05. The maximum absolute atomic E-state index is 12.1. The second kappa shape index (κ2) is 6.07. The first-order chi connectivity index (χ1) is 9.51. The molecule has 0 heterocycles. The number of ether oxygens (including phenoxy) is 1. The first-order valence-corrected chi connectivity index (χ1v) is 6.51. The molecular weight excluding hydrogens is 280 g/mol. The van der Waals surface area contributed by atoms with E-state index in [2.05, 4.69) is 10.1 Å². The number of nitrogens with two attached hydrogens (primary N) is 1. The van der Waals surface area contributed by atoms with Gasteiger partial charge in [-0.2, -0.15) is 0 Å². The van der Waals surface area contributed by atoms with Gasteiger partial charge in [0.05, 0.1) is 24.3 Å². The number of esters is 1. The van der Waals surface area contributed by atoms with Crippen LogP contribution in [0.1, 0.15) is 16.8 Å². The molecule has 20 heavy (non-hydrogen) atoms. The predicted molar refractivity (Wildman–Crippen MR) is 76.6 cm³/mol. The second-order valence-corrected chi connectivity index (χ2v) is 5.00. The average Bonchev–Trinajstić information content (AvgIpc) is 2.86. The minimum Gasteiger partial charge on any atom is -0.465 e. The largest absolute Gasteiger partial charge is 0.465 e. The van der Waals surface area contributed by atoms with Crippen LogP contribution in [0.15, 0.2) is 30.4 Å². The molecule has 1 aliphatic rings. The van der Waals surface area contributed by atoms with Crippen molar-refractivity contribution in [3.63, 3.8) is 0 Å². The standard InChI is InChI=1S/C14H15ClN2O3/c1-20-14(19)11-7-9(15)3-5-12(11)17-13(18)8-2-4-10(16)6-8/h2-5,7-8,10H,6,16H2,1H3,(H,17,18). The molecule has 1 amide bonds. The lowest BCUT2D eigenvalue weighted by atomic mass is 10.1. The van der Waals surface area contributed by atoms with Crippen LogP contribution in [0, 0.1) is 5.92 Å². The minimum atomic E-state index is -0.554. The fourth-order valence-corrected chi connectivity index (χ4v) is 2.22. The van der Waals surface area contributed by atoms with E-state index >= 15 is 0 Å². The highest BCUT2D eigenvalue weighted by molar-refractivity contribution is 6.31. The molecule has 0 saturated heterocycles. The van der Waals surface area contributed by atoms with Crippen LogP contribution in [-0.2, 0) is 9.53 Å². The average molecular weight is 295 g/mol. The van der Waals surface area contributed by atoms with Gasteiger partial charge in [-0.3, -0.25) is 4.79 Å². The first kappa shape index (κ1) is 14.6. The zero-order valence-corrected chi connectivity index (χ0v) is 11.7. The smallest absolute Gasteiger partial charge is 0.340 e. The predicted octanol–water partition coefficient (Wildman–Crippen LogP) is 1.97. The second-order valence-electron chi connectivity index (χ2n) is 4.56. The molecule has 2 unspecified atom stereocenters. The third-order valence-electron chi connectivity index (χ3n) is 3.10. The Balaban J connectivity index is 2.19. The van der Waals surface area contributed by atoms with E-state index in [0.717, 1.165) is 0 Å². The van der Waals surface area contributed by atoms with Gasteiger partial charge in [-0.15, -0.1) is 0 Å². The number of rotatable bonds is 3. The number of hydrogen-bond donors (Lipinski definition) is 2. The molecule has 1 aromatic rings. The van der Waals surface area contributed by atoms with Gasteiger partial charge < -0.3 is 15.8 Å². The number of amides is 1. The number of carbonyl (C=O) groups is 2. The van der Waals surface area contributed by atoms with E-state index < -0.39 is 5.97 Å². The summed E-state index contributed by atoms with van der Waals surface area (Å²) >= 11 is 5.85. The van der Waals surface area contributed by atoms with E-state index in [9.17, 15) is 9.59 Å². The number of halogens is 1. The summed E-state index contributed by atoms with van der Waals surface area (Å²) < 4.78 is 4.67. The minimum absolute atomic E-state index is 0.101. The van der Waals surface area contributed by atoms with Gasteiger partial charge in [0.2, 0.25) is 5.91 Å². The van der Waals surface area contributed by atoms with Crippen molar-refractivity contribution in [1.29, 1.82) is 0 Å². The number of anilines is 1.